The summed E-state index contributed by atoms with van der Waals surface area (Å²) in [6.45, 7) is 6.37. The molecule has 0 radical (unpaired) electrons. The molecule has 2 aromatic carbocycles. The van der Waals surface area contributed by atoms with Gasteiger partial charge in [-0.2, -0.15) is 0 Å². The zero-order chi connectivity index (χ0) is 22.5. The summed E-state index contributed by atoms with van der Waals surface area (Å²) in [5.74, 6) is 0.441. The van der Waals surface area contributed by atoms with Gasteiger partial charge in [-0.05, 0) is 53.6 Å². The molecule has 0 fully saturated rings. The number of ether oxygens (including phenoxy) is 1. The molecular formula is C26H26N2O3S. The zero-order valence-electron chi connectivity index (χ0n) is 18.0. The third-order valence-corrected chi connectivity index (χ3v) is 6.41. The Hall–Kier alpha value is -3.38. The Bertz CT molecular complexity index is 1100. The van der Waals surface area contributed by atoms with Crippen molar-refractivity contribution in [2.45, 2.75) is 25.5 Å². The molecule has 1 N–H and O–H groups in total. The average Bonchev–Trinajstić information content (AvgIpc) is 3.37. The third kappa shape index (κ3) is 4.60. The third-order valence-electron chi connectivity index (χ3n) is 5.56. The highest BCUT2D eigenvalue weighted by atomic mass is 32.1. The second kappa shape index (κ2) is 9.83. The van der Waals surface area contributed by atoms with Crippen LogP contribution in [0.25, 0.3) is 0 Å². The van der Waals surface area contributed by atoms with E-state index in [0.29, 0.717) is 18.8 Å². The van der Waals surface area contributed by atoms with Crippen LogP contribution in [0.2, 0.25) is 0 Å². The van der Waals surface area contributed by atoms with E-state index in [1.165, 1.54) is 16.9 Å². The number of rotatable bonds is 7. The van der Waals surface area contributed by atoms with Crippen LogP contribution >= 0.6 is 11.3 Å². The van der Waals surface area contributed by atoms with Crippen LogP contribution < -0.4 is 10.1 Å². The Morgan fingerprint density at radius 1 is 1.22 bits per heavy atom. The van der Waals surface area contributed by atoms with Crippen molar-refractivity contribution in [2.75, 3.05) is 13.1 Å². The molecule has 2 atom stereocenters. The van der Waals surface area contributed by atoms with E-state index in [1.54, 1.807) is 13.0 Å². The Labute approximate surface area is 192 Å². The number of thiophene rings is 1. The van der Waals surface area contributed by atoms with Crippen molar-refractivity contribution in [3.05, 3.63) is 100 Å². The van der Waals surface area contributed by atoms with Gasteiger partial charge in [0.15, 0.2) is 6.10 Å². The summed E-state index contributed by atoms with van der Waals surface area (Å²) in [4.78, 5) is 28.2. The van der Waals surface area contributed by atoms with Gasteiger partial charge in [0.1, 0.15) is 5.75 Å². The summed E-state index contributed by atoms with van der Waals surface area (Å²) in [6, 6.07) is 19.5. The van der Waals surface area contributed by atoms with Gasteiger partial charge < -0.3 is 15.0 Å². The smallest absolute Gasteiger partial charge is 0.264 e. The van der Waals surface area contributed by atoms with Crippen LogP contribution in [0.4, 0.5) is 0 Å². The molecule has 32 heavy (non-hydrogen) atoms. The highest BCUT2D eigenvalue weighted by molar-refractivity contribution is 7.12. The zero-order valence-corrected chi connectivity index (χ0v) is 18.8. The number of carbonyl (C=O) groups excluding carboxylic acids is 2. The van der Waals surface area contributed by atoms with Crippen LogP contribution in [-0.4, -0.2) is 35.9 Å². The van der Waals surface area contributed by atoms with Crippen LogP contribution in [-0.2, 0) is 11.2 Å². The molecule has 1 aliphatic heterocycles. The average molecular weight is 447 g/mol. The molecule has 0 bridgehead atoms. The lowest BCUT2D eigenvalue weighted by molar-refractivity contribution is -0.127. The topological polar surface area (TPSA) is 58.6 Å². The number of nitrogens with zero attached hydrogens (tertiary/aromatic N) is 1. The minimum absolute atomic E-state index is 0.0306. The fourth-order valence-corrected chi connectivity index (χ4v) is 4.67. The SMILES string of the molecule is C=CCNC(=O)C(C)Oc1ccc2c(c1)C(c1ccccc1)N(C(=O)c1cccs1)CC2. The number of carbonyl (C=O) groups is 2. The molecule has 0 spiro atoms. The van der Waals surface area contributed by atoms with E-state index >= 15 is 0 Å². The molecule has 1 aliphatic rings. The van der Waals surface area contributed by atoms with Crippen molar-refractivity contribution in [1.29, 1.82) is 0 Å². The second-order valence-corrected chi connectivity index (χ2v) is 8.64. The molecule has 3 aromatic rings. The molecule has 0 saturated carbocycles. The van der Waals surface area contributed by atoms with Crippen LogP contribution in [0.1, 0.15) is 39.3 Å². The number of fused-ring (bicyclic) bond motifs is 1. The lowest BCUT2D eigenvalue weighted by Crippen LogP contribution is -2.40. The predicted octanol–water partition coefficient (Wildman–Crippen LogP) is 4.61. The summed E-state index contributed by atoms with van der Waals surface area (Å²) in [7, 11) is 0. The molecule has 5 nitrogen and oxygen atoms in total. The van der Waals surface area contributed by atoms with Crippen molar-refractivity contribution >= 4 is 23.2 Å². The number of hydrogen-bond donors (Lipinski definition) is 1. The summed E-state index contributed by atoms with van der Waals surface area (Å²) >= 11 is 1.46. The minimum Gasteiger partial charge on any atom is -0.481 e. The summed E-state index contributed by atoms with van der Waals surface area (Å²) in [5.41, 5.74) is 3.26. The Morgan fingerprint density at radius 2 is 2.03 bits per heavy atom. The van der Waals surface area contributed by atoms with Crippen molar-refractivity contribution in [1.82, 2.24) is 10.2 Å². The van der Waals surface area contributed by atoms with Gasteiger partial charge in [-0.25, -0.2) is 0 Å². The fraction of sp³-hybridized carbons (Fsp3) is 0.231. The molecule has 6 heteroatoms. The van der Waals surface area contributed by atoms with E-state index in [9.17, 15) is 9.59 Å². The van der Waals surface area contributed by atoms with Crippen LogP contribution in [0.3, 0.4) is 0 Å². The van der Waals surface area contributed by atoms with Gasteiger partial charge in [-0.15, -0.1) is 17.9 Å². The van der Waals surface area contributed by atoms with Gasteiger partial charge in [0.2, 0.25) is 0 Å². The van der Waals surface area contributed by atoms with E-state index in [-0.39, 0.29) is 17.9 Å². The largest absolute Gasteiger partial charge is 0.481 e. The quantitative estimate of drug-likeness (QED) is 0.540. The summed E-state index contributed by atoms with van der Waals surface area (Å²) in [6.07, 6.45) is 1.76. The van der Waals surface area contributed by atoms with Crippen LogP contribution in [0.5, 0.6) is 5.75 Å². The van der Waals surface area contributed by atoms with Gasteiger partial charge in [-0.3, -0.25) is 9.59 Å². The molecule has 2 unspecified atom stereocenters. The first-order valence-electron chi connectivity index (χ1n) is 10.7. The molecule has 2 heterocycles. The maximum absolute atomic E-state index is 13.4. The molecule has 0 saturated heterocycles. The Morgan fingerprint density at radius 3 is 2.75 bits per heavy atom. The first kappa shape index (κ1) is 21.8. The predicted molar refractivity (Wildman–Crippen MR) is 127 cm³/mol. The Kier molecular flexibility index (Phi) is 6.71. The van der Waals surface area contributed by atoms with Crippen molar-refractivity contribution in [3.63, 3.8) is 0 Å². The lowest BCUT2D eigenvalue weighted by Gasteiger charge is -2.38. The summed E-state index contributed by atoms with van der Waals surface area (Å²) in [5, 5.41) is 4.68. The minimum atomic E-state index is -0.643. The number of benzene rings is 2. The highest BCUT2D eigenvalue weighted by Crippen LogP contribution is 2.38. The van der Waals surface area contributed by atoms with Gasteiger partial charge in [0.25, 0.3) is 11.8 Å². The van der Waals surface area contributed by atoms with Crippen molar-refractivity contribution in [3.8, 4) is 5.75 Å². The Balaban J connectivity index is 1.68. The highest BCUT2D eigenvalue weighted by Gasteiger charge is 2.33. The number of amides is 2. The van der Waals surface area contributed by atoms with Crippen molar-refractivity contribution < 1.29 is 14.3 Å². The van der Waals surface area contributed by atoms with E-state index in [2.05, 4.69) is 11.9 Å². The van der Waals surface area contributed by atoms with Crippen LogP contribution in [0, 0.1) is 0 Å². The second-order valence-electron chi connectivity index (χ2n) is 7.69. The van der Waals surface area contributed by atoms with Crippen LogP contribution in [0.15, 0.2) is 78.7 Å². The first-order valence-corrected chi connectivity index (χ1v) is 11.5. The summed E-state index contributed by atoms with van der Waals surface area (Å²) < 4.78 is 5.94. The monoisotopic (exact) mass is 446 g/mol. The van der Waals surface area contributed by atoms with E-state index in [1.807, 2.05) is 70.9 Å². The normalized spacial score (nSPS) is 16.0. The molecular weight excluding hydrogens is 420 g/mol. The van der Waals surface area contributed by atoms with E-state index in [0.717, 1.165) is 22.4 Å². The standard InChI is InChI=1S/C26H26N2O3S/c1-3-14-27-25(29)18(2)31-21-12-11-19-13-15-28(26(30)23-10-7-16-32-23)24(22(19)17-21)20-8-5-4-6-9-20/h3-12,16-18,24H,1,13-15H2,2H3,(H,27,29). The molecule has 1 aromatic heterocycles. The number of hydrogen-bond acceptors (Lipinski definition) is 4. The van der Waals surface area contributed by atoms with Gasteiger partial charge in [0, 0.05) is 13.1 Å². The molecule has 2 amide bonds. The number of nitrogens with one attached hydrogen (secondary N) is 1. The fourth-order valence-electron chi connectivity index (χ4n) is 4.00. The van der Waals surface area contributed by atoms with Gasteiger partial charge in [0.05, 0.1) is 10.9 Å². The molecule has 0 aliphatic carbocycles. The molecule has 164 valence electrons. The maximum Gasteiger partial charge on any atom is 0.264 e. The van der Waals surface area contributed by atoms with E-state index in [4.69, 9.17) is 4.74 Å². The molecule has 4 rings (SSSR count). The van der Waals surface area contributed by atoms with Gasteiger partial charge in [-0.1, -0.05) is 48.5 Å². The lowest BCUT2D eigenvalue weighted by atomic mass is 9.87. The first-order chi connectivity index (χ1) is 15.6. The van der Waals surface area contributed by atoms with Gasteiger partial charge >= 0.3 is 0 Å². The van der Waals surface area contributed by atoms with E-state index < -0.39 is 6.10 Å². The maximum atomic E-state index is 13.4. The van der Waals surface area contributed by atoms with Crippen molar-refractivity contribution in [2.24, 2.45) is 0 Å².